The second kappa shape index (κ2) is 4.65. The summed E-state index contributed by atoms with van der Waals surface area (Å²) in [5.41, 5.74) is 8.78. The Morgan fingerprint density at radius 2 is 2.17 bits per heavy atom. The molecule has 0 radical (unpaired) electrons. The van der Waals surface area contributed by atoms with Gasteiger partial charge in [0.1, 0.15) is 0 Å². The molecule has 0 spiro atoms. The average molecular weight is 265 g/mol. The minimum absolute atomic E-state index is 0.649. The van der Waals surface area contributed by atoms with E-state index in [0.717, 1.165) is 30.0 Å². The summed E-state index contributed by atoms with van der Waals surface area (Å²) in [6, 6.07) is 3.91. The van der Waals surface area contributed by atoms with Crippen molar-refractivity contribution in [3.63, 3.8) is 0 Å². The maximum atomic E-state index is 6.08. The summed E-state index contributed by atoms with van der Waals surface area (Å²) in [6.07, 6.45) is 5.79. The topological polar surface area (TPSA) is 38.0 Å². The van der Waals surface area contributed by atoms with E-state index in [0.29, 0.717) is 10.7 Å². The molecule has 1 aromatic carbocycles. The first-order valence-electron chi connectivity index (χ1n) is 6.93. The Morgan fingerprint density at radius 3 is 2.83 bits per heavy atom. The van der Waals surface area contributed by atoms with Gasteiger partial charge in [-0.2, -0.15) is 0 Å². The van der Waals surface area contributed by atoms with E-state index in [1.54, 1.807) is 0 Å². The van der Waals surface area contributed by atoms with E-state index < -0.39 is 0 Å². The third kappa shape index (κ3) is 2.18. The quantitative estimate of drug-likeness (QED) is 0.808. The second-order valence-corrected chi connectivity index (χ2v) is 6.41. The van der Waals surface area contributed by atoms with E-state index in [1.165, 1.54) is 31.2 Å². The van der Waals surface area contributed by atoms with Crippen molar-refractivity contribution in [2.24, 2.45) is 17.8 Å². The lowest BCUT2D eigenvalue weighted by molar-refractivity contribution is 0.348. The van der Waals surface area contributed by atoms with Crippen molar-refractivity contribution >= 4 is 23.0 Å². The zero-order chi connectivity index (χ0) is 12.7. The summed E-state index contributed by atoms with van der Waals surface area (Å²) < 4.78 is 0. The van der Waals surface area contributed by atoms with Gasteiger partial charge in [0, 0.05) is 12.2 Å². The fourth-order valence-corrected chi connectivity index (χ4v) is 3.93. The van der Waals surface area contributed by atoms with E-state index in [1.807, 2.05) is 12.1 Å². The number of aryl methyl sites for hydroxylation is 1. The summed E-state index contributed by atoms with van der Waals surface area (Å²) in [5, 5.41) is 4.22. The number of anilines is 2. The highest BCUT2D eigenvalue weighted by atomic mass is 35.5. The molecule has 1 aromatic rings. The Bertz CT molecular complexity index is 458. The van der Waals surface area contributed by atoms with Gasteiger partial charge in [-0.05, 0) is 61.6 Å². The number of hydrogen-bond donors (Lipinski definition) is 2. The first-order valence-corrected chi connectivity index (χ1v) is 7.30. The third-order valence-corrected chi connectivity index (χ3v) is 5.11. The highest BCUT2D eigenvalue weighted by Gasteiger charge is 2.39. The van der Waals surface area contributed by atoms with Gasteiger partial charge in [0.2, 0.25) is 0 Å². The summed E-state index contributed by atoms with van der Waals surface area (Å²) >= 11 is 6.08. The SMILES string of the molecule is Cc1cc(N)c(Cl)cc1NCC1CC2CCC1C2. The molecule has 2 fully saturated rings. The number of hydrogen-bond acceptors (Lipinski definition) is 2. The van der Waals surface area contributed by atoms with Gasteiger partial charge in [-0.1, -0.05) is 18.0 Å². The predicted molar refractivity (Wildman–Crippen MR) is 78.0 cm³/mol. The van der Waals surface area contributed by atoms with Crippen LogP contribution < -0.4 is 11.1 Å². The van der Waals surface area contributed by atoms with Crippen LogP contribution in [0.1, 0.15) is 31.2 Å². The molecular formula is C15H21ClN2. The lowest BCUT2D eigenvalue weighted by Gasteiger charge is -2.23. The Hall–Kier alpha value is -0.890. The van der Waals surface area contributed by atoms with Crippen molar-refractivity contribution < 1.29 is 0 Å². The van der Waals surface area contributed by atoms with Gasteiger partial charge in [0.25, 0.3) is 0 Å². The van der Waals surface area contributed by atoms with E-state index in [4.69, 9.17) is 17.3 Å². The molecule has 98 valence electrons. The summed E-state index contributed by atoms with van der Waals surface area (Å²) in [7, 11) is 0. The molecule has 0 heterocycles. The maximum Gasteiger partial charge on any atom is 0.0656 e. The average Bonchev–Trinajstić information content (AvgIpc) is 2.94. The summed E-state index contributed by atoms with van der Waals surface area (Å²) in [6.45, 7) is 3.16. The Labute approximate surface area is 114 Å². The van der Waals surface area contributed by atoms with Crippen LogP contribution in [0, 0.1) is 24.7 Å². The molecule has 3 atom stereocenters. The molecule has 0 aliphatic heterocycles. The summed E-state index contributed by atoms with van der Waals surface area (Å²) in [4.78, 5) is 0. The maximum absolute atomic E-state index is 6.08. The number of fused-ring (bicyclic) bond motifs is 2. The minimum atomic E-state index is 0.649. The minimum Gasteiger partial charge on any atom is -0.398 e. The lowest BCUT2D eigenvalue weighted by atomic mass is 9.89. The molecule has 3 N–H and O–H groups in total. The van der Waals surface area contributed by atoms with Crippen LogP contribution in [0.25, 0.3) is 0 Å². The van der Waals surface area contributed by atoms with Crippen molar-refractivity contribution in [1.29, 1.82) is 0 Å². The Morgan fingerprint density at radius 1 is 1.33 bits per heavy atom. The van der Waals surface area contributed by atoms with E-state index in [9.17, 15) is 0 Å². The molecule has 3 unspecified atom stereocenters. The zero-order valence-electron chi connectivity index (χ0n) is 10.9. The fraction of sp³-hybridized carbons (Fsp3) is 0.600. The van der Waals surface area contributed by atoms with Crippen LogP contribution in [0.3, 0.4) is 0 Å². The van der Waals surface area contributed by atoms with Gasteiger partial charge in [-0.15, -0.1) is 0 Å². The Balaban J connectivity index is 1.65. The lowest BCUT2D eigenvalue weighted by Crippen LogP contribution is -2.20. The van der Waals surface area contributed by atoms with Crippen LogP contribution in [0.4, 0.5) is 11.4 Å². The molecule has 3 rings (SSSR count). The van der Waals surface area contributed by atoms with Gasteiger partial charge < -0.3 is 11.1 Å². The van der Waals surface area contributed by atoms with Crippen LogP contribution in [0.15, 0.2) is 12.1 Å². The zero-order valence-corrected chi connectivity index (χ0v) is 11.6. The van der Waals surface area contributed by atoms with Crippen molar-refractivity contribution in [3.05, 3.63) is 22.7 Å². The summed E-state index contributed by atoms with van der Waals surface area (Å²) in [5.74, 6) is 2.84. The largest absolute Gasteiger partial charge is 0.398 e. The van der Waals surface area contributed by atoms with Crippen LogP contribution >= 0.6 is 11.6 Å². The van der Waals surface area contributed by atoms with Gasteiger partial charge in [0.05, 0.1) is 10.7 Å². The molecule has 2 aliphatic carbocycles. The predicted octanol–water partition coefficient (Wildman–Crippen LogP) is 4.08. The van der Waals surface area contributed by atoms with E-state index >= 15 is 0 Å². The van der Waals surface area contributed by atoms with Gasteiger partial charge in [-0.3, -0.25) is 0 Å². The fourth-order valence-electron chi connectivity index (χ4n) is 3.76. The molecule has 18 heavy (non-hydrogen) atoms. The normalized spacial score (nSPS) is 29.8. The highest BCUT2D eigenvalue weighted by molar-refractivity contribution is 6.33. The molecule has 3 heteroatoms. The van der Waals surface area contributed by atoms with Crippen LogP contribution in [-0.4, -0.2) is 6.54 Å². The van der Waals surface area contributed by atoms with Crippen molar-refractivity contribution in [3.8, 4) is 0 Å². The highest BCUT2D eigenvalue weighted by Crippen LogP contribution is 2.48. The molecule has 0 amide bonds. The van der Waals surface area contributed by atoms with Crippen molar-refractivity contribution in [2.75, 3.05) is 17.6 Å². The van der Waals surface area contributed by atoms with Gasteiger partial charge in [0.15, 0.2) is 0 Å². The molecule has 2 aliphatic rings. The first kappa shape index (κ1) is 12.2. The number of nitrogens with one attached hydrogen (secondary N) is 1. The first-order chi connectivity index (χ1) is 8.63. The molecule has 2 saturated carbocycles. The van der Waals surface area contributed by atoms with Crippen LogP contribution in [0.5, 0.6) is 0 Å². The molecular weight excluding hydrogens is 244 g/mol. The molecule has 0 aromatic heterocycles. The standard InChI is InChI=1S/C15H21ClN2/c1-9-4-14(17)13(16)7-15(9)18-8-12-6-10-2-3-11(12)5-10/h4,7,10-12,18H,2-3,5-6,8,17H2,1H3. The number of halogens is 1. The number of nitrogen functional groups attached to an aromatic ring is 1. The van der Waals surface area contributed by atoms with Crippen molar-refractivity contribution in [2.45, 2.75) is 32.6 Å². The molecule has 0 saturated heterocycles. The smallest absolute Gasteiger partial charge is 0.0656 e. The van der Waals surface area contributed by atoms with E-state index in [2.05, 4.69) is 12.2 Å². The monoisotopic (exact) mass is 264 g/mol. The second-order valence-electron chi connectivity index (χ2n) is 6.00. The molecule has 2 bridgehead atoms. The van der Waals surface area contributed by atoms with E-state index in [-0.39, 0.29) is 0 Å². The Kier molecular flexibility index (Phi) is 3.14. The third-order valence-electron chi connectivity index (χ3n) is 4.78. The van der Waals surface area contributed by atoms with Gasteiger partial charge >= 0.3 is 0 Å². The van der Waals surface area contributed by atoms with Crippen LogP contribution in [0.2, 0.25) is 5.02 Å². The number of nitrogens with two attached hydrogens (primary N) is 1. The number of benzene rings is 1. The molecule has 2 nitrogen and oxygen atoms in total. The van der Waals surface area contributed by atoms with Crippen molar-refractivity contribution in [1.82, 2.24) is 0 Å². The van der Waals surface area contributed by atoms with Crippen LogP contribution in [-0.2, 0) is 0 Å². The number of rotatable bonds is 3. The van der Waals surface area contributed by atoms with Gasteiger partial charge in [-0.25, -0.2) is 0 Å².